The van der Waals surface area contributed by atoms with Gasteiger partial charge in [0.2, 0.25) is 5.91 Å². The van der Waals surface area contributed by atoms with Crippen LogP contribution in [0.1, 0.15) is 29.8 Å². The highest BCUT2D eigenvalue weighted by molar-refractivity contribution is 5.97. The number of nitrogens with zero attached hydrogens (tertiary/aromatic N) is 1. The van der Waals surface area contributed by atoms with E-state index in [0.29, 0.717) is 12.1 Å². The Balaban J connectivity index is 2.10. The summed E-state index contributed by atoms with van der Waals surface area (Å²) in [6, 6.07) is 6.41. The van der Waals surface area contributed by atoms with Gasteiger partial charge in [0.15, 0.2) is 6.10 Å². The van der Waals surface area contributed by atoms with Crippen LogP contribution >= 0.6 is 0 Å². The number of benzene rings is 1. The number of ether oxygens (including phenoxy) is 1. The van der Waals surface area contributed by atoms with Crippen molar-refractivity contribution in [3.63, 3.8) is 0 Å². The number of carbonyl (C=O) groups is 3. The summed E-state index contributed by atoms with van der Waals surface area (Å²) in [6.45, 7) is 6.03. The molecule has 1 aliphatic heterocycles. The van der Waals surface area contributed by atoms with Gasteiger partial charge in [0.25, 0.3) is 5.91 Å². The first-order valence-electron chi connectivity index (χ1n) is 8.30. The number of morpholine rings is 1. The number of carboxylic acid groups (broad SMARTS) is 1. The number of amides is 2. The van der Waals surface area contributed by atoms with Crippen molar-refractivity contribution >= 4 is 17.8 Å². The zero-order valence-corrected chi connectivity index (χ0v) is 14.7. The number of nitrogens with one attached hydrogen (secondary N) is 1. The van der Waals surface area contributed by atoms with Gasteiger partial charge in [0.1, 0.15) is 6.04 Å². The van der Waals surface area contributed by atoms with Gasteiger partial charge in [-0.1, -0.05) is 31.5 Å². The van der Waals surface area contributed by atoms with Crippen LogP contribution < -0.4 is 5.32 Å². The summed E-state index contributed by atoms with van der Waals surface area (Å²) in [6.07, 6.45) is -1.03. The summed E-state index contributed by atoms with van der Waals surface area (Å²) < 4.78 is 5.14. The molecule has 2 atom stereocenters. The molecule has 7 heteroatoms. The minimum atomic E-state index is -1.10. The van der Waals surface area contributed by atoms with Crippen LogP contribution in [-0.4, -0.2) is 59.6 Å². The number of carboxylic acids is 1. The van der Waals surface area contributed by atoms with Crippen LogP contribution in [-0.2, 0) is 14.3 Å². The van der Waals surface area contributed by atoms with Gasteiger partial charge < -0.3 is 20.1 Å². The lowest BCUT2D eigenvalue weighted by Gasteiger charge is -2.34. The average molecular weight is 348 g/mol. The maximum atomic E-state index is 12.8. The van der Waals surface area contributed by atoms with Crippen molar-refractivity contribution in [3.05, 3.63) is 35.4 Å². The lowest BCUT2D eigenvalue weighted by molar-refractivity contribution is -0.160. The first-order valence-corrected chi connectivity index (χ1v) is 8.30. The summed E-state index contributed by atoms with van der Waals surface area (Å²) in [5.41, 5.74) is 1.45. The Bertz CT molecular complexity index is 659. The molecule has 1 aliphatic rings. The van der Waals surface area contributed by atoms with E-state index in [0.717, 1.165) is 5.56 Å². The van der Waals surface area contributed by atoms with Crippen LogP contribution in [0, 0.1) is 12.8 Å². The monoisotopic (exact) mass is 348 g/mol. The number of hydrogen-bond donors (Lipinski definition) is 2. The van der Waals surface area contributed by atoms with Gasteiger partial charge >= 0.3 is 5.97 Å². The molecule has 7 nitrogen and oxygen atoms in total. The molecule has 2 amide bonds. The van der Waals surface area contributed by atoms with Crippen LogP contribution in [0.3, 0.4) is 0 Å². The van der Waals surface area contributed by atoms with Crippen molar-refractivity contribution in [1.82, 2.24) is 10.2 Å². The van der Waals surface area contributed by atoms with Crippen LogP contribution in [0.4, 0.5) is 0 Å². The standard InChI is InChI=1S/C18H24N2O5/c1-11(2)15(19-16(21)13-6-4-5-12(3)9-13)17(22)20-7-8-25-14(10-20)18(23)24/h4-6,9,11,14-15H,7-8,10H2,1-3H3,(H,19,21)(H,23,24)/t14-,15+/m0/s1. The highest BCUT2D eigenvalue weighted by Crippen LogP contribution is 2.13. The topological polar surface area (TPSA) is 95.9 Å². The van der Waals surface area contributed by atoms with Gasteiger partial charge in [0, 0.05) is 12.1 Å². The molecule has 1 aromatic rings. The van der Waals surface area contributed by atoms with Crippen molar-refractivity contribution in [1.29, 1.82) is 0 Å². The van der Waals surface area contributed by atoms with Gasteiger partial charge in [-0.3, -0.25) is 9.59 Å². The minimum Gasteiger partial charge on any atom is -0.479 e. The van der Waals surface area contributed by atoms with Crippen LogP contribution in [0.25, 0.3) is 0 Å². The molecule has 0 bridgehead atoms. The summed E-state index contributed by atoms with van der Waals surface area (Å²) in [7, 11) is 0. The second-order valence-electron chi connectivity index (χ2n) is 6.55. The first kappa shape index (κ1) is 18.9. The normalized spacial score (nSPS) is 18.7. The van der Waals surface area contributed by atoms with E-state index in [1.165, 1.54) is 4.90 Å². The highest BCUT2D eigenvalue weighted by Gasteiger charge is 2.34. The summed E-state index contributed by atoms with van der Waals surface area (Å²) in [5.74, 6) is -1.83. The van der Waals surface area contributed by atoms with Crippen molar-refractivity contribution in [2.75, 3.05) is 19.7 Å². The lowest BCUT2D eigenvalue weighted by atomic mass is 10.0. The van der Waals surface area contributed by atoms with E-state index in [2.05, 4.69) is 5.32 Å². The number of aliphatic carboxylic acids is 1. The van der Waals surface area contributed by atoms with E-state index in [9.17, 15) is 14.4 Å². The third-order valence-corrected chi connectivity index (χ3v) is 4.15. The molecule has 2 N–H and O–H groups in total. The third-order valence-electron chi connectivity index (χ3n) is 4.15. The van der Waals surface area contributed by atoms with Gasteiger partial charge in [-0.05, 0) is 25.0 Å². The van der Waals surface area contributed by atoms with Gasteiger partial charge in [-0.25, -0.2) is 4.79 Å². The Morgan fingerprint density at radius 1 is 1.32 bits per heavy atom. The smallest absolute Gasteiger partial charge is 0.334 e. The van der Waals surface area contributed by atoms with Crippen molar-refractivity contribution in [2.45, 2.75) is 32.9 Å². The van der Waals surface area contributed by atoms with Crippen LogP contribution in [0.2, 0.25) is 0 Å². The average Bonchev–Trinajstić information content (AvgIpc) is 2.58. The molecule has 1 heterocycles. The molecule has 1 aromatic carbocycles. The van der Waals surface area contributed by atoms with Crippen LogP contribution in [0.5, 0.6) is 0 Å². The molecule has 0 radical (unpaired) electrons. The molecule has 25 heavy (non-hydrogen) atoms. The fourth-order valence-corrected chi connectivity index (χ4v) is 2.72. The molecule has 0 spiro atoms. The molecular formula is C18H24N2O5. The Labute approximate surface area is 147 Å². The Morgan fingerprint density at radius 2 is 2.04 bits per heavy atom. The number of hydrogen-bond acceptors (Lipinski definition) is 4. The van der Waals surface area contributed by atoms with E-state index >= 15 is 0 Å². The summed E-state index contributed by atoms with van der Waals surface area (Å²) in [5, 5.41) is 11.9. The van der Waals surface area contributed by atoms with Crippen molar-refractivity contribution < 1.29 is 24.2 Å². The number of aryl methyl sites for hydroxylation is 1. The van der Waals surface area contributed by atoms with E-state index in [4.69, 9.17) is 9.84 Å². The van der Waals surface area contributed by atoms with Gasteiger partial charge in [-0.2, -0.15) is 0 Å². The van der Waals surface area contributed by atoms with E-state index in [1.54, 1.807) is 18.2 Å². The SMILES string of the molecule is Cc1cccc(C(=O)N[C@@H](C(=O)N2CCO[C@H](C(=O)O)C2)C(C)C)c1. The Morgan fingerprint density at radius 3 is 2.64 bits per heavy atom. The minimum absolute atomic E-state index is 0.0162. The quantitative estimate of drug-likeness (QED) is 0.829. The molecule has 0 aromatic heterocycles. The molecule has 0 saturated carbocycles. The molecule has 1 fully saturated rings. The number of carbonyl (C=O) groups excluding carboxylic acids is 2. The highest BCUT2D eigenvalue weighted by atomic mass is 16.5. The predicted molar refractivity (Wildman–Crippen MR) is 91.2 cm³/mol. The summed E-state index contributed by atoms with van der Waals surface area (Å²) in [4.78, 5) is 37.8. The largest absolute Gasteiger partial charge is 0.479 e. The van der Waals surface area contributed by atoms with E-state index < -0.39 is 18.1 Å². The van der Waals surface area contributed by atoms with E-state index in [1.807, 2.05) is 26.8 Å². The predicted octanol–water partition coefficient (Wildman–Crippen LogP) is 1.06. The second kappa shape index (κ2) is 8.11. The van der Waals surface area contributed by atoms with Gasteiger partial charge in [-0.15, -0.1) is 0 Å². The zero-order chi connectivity index (χ0) is 18.6. The second-order valence-corrected chi connectivity index (χ2v) is 6.55. The fourth-order valence-electron chi connectivity index (χ4n) is 2.72. The van der Waals surface area contributed by atoms with E-state index in [-0.39, 0.29) is 30.9 Å². The Kier molecular flexibility index (Phi) is 6.14. The molecule has 0 unspecified atom stereocenters. The molecule has 136 valence electrons. The van der Waals surface area contributed by atoms with Crippen molar-refractivity contribution in [3.8, 4) is 0 Å². The Hall–Kier alpha value is -2.41. The fraction of sp³-hybridized carbons (Fsp3) is 0.500. The molecule has 0 aliphatic carbocycles. The first-order chi connectivity index (χ1) is 11.8. The van der Waals surface area contributed by atoms with Crippen LogP contribution in [0.15, 0.2) is 24.3 Å². The van der Waals surface area contributed by atoms with Gasteiger partial charge in [0.05, 0.1) is 13.2 Å². The summed E-state index contributed by atoms with van der Waals surface area (Å²) >= 11 is 0. The van der Waals surface area contributed by atoms with Crippen molar-refractivity contribution in [2.24, 2.45) is 5.92 Å². The maximum Gasteiger partial charge on any atom is 0.334 e. The zero-order valence-electron chi connectivity index (χ0n) is 14.7. The third kappa shape index (κ3) is 4.79. The maximum absolute atomic E-state index is 12.8. The lowest BCUT2D eigenvalue weighted by Crippen LogP contribution is -2.56. The molecular weight excluding hydrogens is 324 g/mol. The molecule has 1 saturated heterocycles. The molecule has 2 rings (SSSR count). The number of rotatable bonds is 5.